The van der Waals surface area contributed by atoms with E-state index in [9.17, 15) is 18.4 Å². The molecule has 0 saturated heterocycles. The molecule has 1 amide bonds. The van der Waals surface area contributed by atoms with Crippen LogP contribution in [0.3, 0.4) is 0 Å². The topological polar surface area (TPSA) is 178 Å². The molecule has 8 aromatic rings. The Morgan fingerprint density at radius 1 is 0.657 bits per heavy atom. The van der Waals surface area contributed by atoms with Crippen LogP contribution < -0.4 is 20.9 Å². The second kappa shape index (κ2) is 20.9. The third-order valence-corrected chi connectivity index (χ3v) is 11.8. The number of nitrogens with zero attached hydrogens (tertiary/aromatic N) is 9. The van der Waals surface area contributed by atoms with Crippen molar-refractivity contribution in [3.63, 3.8) is 0 Å². The van der Waals surface area contributed by atoms with Gasteiger partial charge in [0.05, 0.1) is 13.2 Å². The number of ketones is 1. The van der Waals surface area contributed by atoms with Gasteiger partial charge in [-0.05, 0) is 75.5 Å². The Balaban J connectivity index is 0.000000199. The number of ether oxygens (including phenoxy) is 2. The largest absolute Gasteiger partial charge is 0.492 e. The van der Waals surface area contributed by atoms with Crippen LogP contribution in [0, 0.1) is 25.5 Å². The number of aryl methyl sites for hydroxylation is 2. The fraction of sp³-hybridized carbons (Fsp3) is 0.320. The Morgan fingerprint density at radius 3 is 1.54 bits per heavy atom. The SMILES string of the molecule is CCC(=O)c1nn(C)c(C)c1CCOc1cc(F)ccc1-c1ccc2ncc(CCN)n2c1.Cc1c(CCOc2cc(F)ccc2-c2ccc3ncc(CCN)n3c2)c(C(=O)N(C)C)nn1C. The molecule has 0 spiro atoms. The summed E-state index contributed by atoms with van der Waals surface area (Å²) in [6.07, 6.45) is 10.3. The molecule has 0 aliphatic heterocycles. The number of hydrogen-bond acceptors (Lipinski definition) is 10. The third-order valence-electron chi connectivity index (χ3n) is 11.8. The summed E-state index contributed by atoms with van der Waals surface area (Å²) in [5.74, 6) is -0.0382. The third kappa shape index (κ3) is 10.4. The fourth-order valence-corrected chi connectivity index (χ4v) is 7.96. The van der Waals surface area contributed by atoms with Gasteiger partial charge in [-0.3, -0.25) is 19.0 Å². The first kappa shape index (κ1) is 47.7. The molecule has 15 nitrogen and oxygen atoms in total. The van der Waals surface area contributed by atoms with Gasteiger partial charge in [-0.2, -0.15) is 10.2 Å². The summed E-state index contributed by atoms with van der Waals surface area (Å²) in [5, 5.41) is 8.74. The van der Waals surface area contributed by atoms with Crippen molar-refractivity contribution < 1.29 is 27.8 Å². The number of nitrogens with two attached hydrogens (primary N) is 2. The molecule has 0 aliphatic carbocycles. The van der Waals surface area contributed by atoms with Crippen LogP contribution in [0.15, 0.2) is 85.5 Å². The summed E-state index contributed by atoms with van der Waals surface area (Å²) in [6.45, 7) is 7.28. The monoisotopic (exact) mass is 913 g/mol. The fourth-order valence-electron chi connectivity index (χ4n) is 7.96. The van der Waals surface area contributed by atoms with Crippen molar-refractivity contribution in [3.05, 3.63) is 142 Å². The number of imidazole rings is 2. The molecule has 0 aliphatic rings. The van der Waals surface area contributed by atoms with Crippen molar-refractivity contribution in [1.29, 1.82) is 0 Å². The molecule has 8 rings (SSSR count). The van der Waals surface area contributed by atoms with E-state index in [-0.39, 0.29) is 29.9 Å². The van der Waals surface area contributed by atoms with E-state index in [0.29, 0.717) is 74.7 Å². The maximum Gasteiger partial charge on any atom is 0.274 e. The first-order chi connectivity index (χ1) is 32.2. The molecule has 6 aromatic heterocycles. The first-order valence-electron chi connectivity index (χ1n) is 22.2. The average molecular weight is 914 g/mol. The van der Waals surface area contributed by atoms with Crippen molar-refractivity contribution in [3.8, 4) is 33.8 Å². The summed E-state index contributed by atoms with van der Waals surface area (Å²) in [7, 11) is 7.02. The number of pyridine rings is 2. The van der Waals surface area contributed by atoms with Crippen LogP contribution in [0.5, 0.6) is 11.5 Å². The molecule has 0 atom stereocenters. The van der Waals surface area contributed by atoms with Gasteiger partial charge in [0, 0.05) is 153 Å². The second-order valence-corrected chi connectivity index (χ2v) is 16.4. The normalized spacial score (nSPS) is 11.3. The lowest BCUT2D eigenvalue weighted by atomic mass is 10.1. The first-order valence-corrected chi connectivity index (χ1v) is 22.2. The van der Waals surface area contributed by atoms with Crippen molar-refractivity contribution >= 4 is 23.0 Å². The molecular formula is C50H57F2N11O4. The maximum absolute atomic E-state index is 14.1. The standard InChI is InChI=1S/C25H29FN6O2.C25H28FN5O2/c1-16-20(24(29-31(16)4)25(33)30(2)3)10-12-34-22-13-18(26)6-7-21(22)17-5-8-23-28-14-19(9-11-27)32(23)15-17;1-4-22(32)25-20(16(2)30(3)29-25)10-12-33-23-13-18(26)6-7-21(23)17-5-8-24-28-14-19(9-11-27)31(24)15-17/h5-8,13-15H,9-12,27H2,1-4H3;5-8,13-15H,4,9-12,27H2,1-3H3. The second-order valence-electron chi connectivity index (χ2n) is 16.4. The Bertz CT molecular complexity index is 3060. The molecular weight excluding hydrogens is 857 g/mol. The highest BCUT2D eigenvalue weighted by Crippen LogP contribution is 2.33. The average Bonchev–Trinajstić information content (AvgIpc) is 4.07. The zero-order chi connectivity index (χ0) is 47.9. The minimum absolute atomic E-state index is 0.00191. The number of aromatic nitrogens is 8. The molecule has 0 bridgehead atoms. The van der Waals surface area contributed by atoms with E-state index in [2.05, 4.69) is 20.2 Å². The lowest BCUT2D eigenvalue weighted by molar-refractivity contribution is 0.0819. The van der Waals surface area contributed by atoms with E-state index in [1.54, 1.807) is 35.6 Å². The van der Waals surface area contributed by atoms with Gasteiger partial charge < -0.3 is 34.6 Å². The summed E-state index contributed by atoms with van der Waals surface area (Å²) < 4.78 is 47.7. The van der Waals surface area contributed by atoms with Crippen molar-refractivity contribution in [2.75, 3.05) is 40.4 Å². The predicted octanol–water partition coefficient (Wildman–Crippen LogP) is 6.90. The zero-order valence-corrected chi connectivity index (χ0v) is 39.0. The lowest BCUT2D eigenvalue weighted by Gasteiger charge is -2.14. The quantitative estimate of drug-likeness (QED) is 0.0914. The molecule has 0 fully saturated rings. The molecule has 2 aromatic carbocycles. The van der Waals surface area contributed by atoms with Crippen LogP contribution in [0.1, 0.15) is 68.2 Å². The van der Waals surface area contributed by atoms with Crippen LogP contribution in [0.2, 0.25) is 0 Å². The maximum atomic E-state index is 14.1. The van der Waals surface area contributed by atoms with Crippen LogP contribution in [0.25, 0.3) is 33.5 Å². The summed E-state index contributed by atoms with van der Waals surface area (Å²) >= 11 is 0. The molecule has 0 saturated carbocycles. The Labute approximate surface area is 388 Å². The van der Waals surface area contributed by atoms with E-state index < -0.39 is 0 Å². The summed E-state index contributed by atoms with van der Waals surface area (Å²) in [6, 6.07) is 16.8. The van der Waals surface area contributed by atoms with E-state index in [0.717, 1.165) is 67.5 Å². The highest BCUT2D eigenvalue weighted by atomic mass is 19.1. The minimum Gasteiger partial charge on any atom is -0.492 e. The van der Waals surface area contributed by atoms with Crippen molar-refractivity contribution in [2.24, 2.45) is 25.6 Å². The Kier molecular flexibility index (Phi) is 14.9. The van der Waals surface area contributed by atoms with Gasteiger partial charge in [0.2, 0.25) is 0 Å². The highest BCUT2D eigenvalue weighted by molar-refractivity contribution is 5.95. The van der Waals surface area contributed by atoms with Gasteiger partial charge in [-0.15, -0.1) is 0 Å². The Morgan fingerprint density at radius 2 is 1.10 bits per heavy atom. The molecule has 17 heteroatoms. The van der Waals surface area contributed by atoms with Crippen molar-refractivity contribution in [1.82, 2.24) is 43.2 Å². The number of halogens is 2. The molecule has 0 unspecified atom stereocenters. The van der Waals surface area contributed by atoms with Crippen LogP contribution >= 0.6 is 0 Å². The summed E-state index contributed by atoms with van der Waals surface area (Å²) in [4.78, 5) is 35.2. The van der Waals surface area contributed by atoms with Gasteiger partial charge in [0.15, 0.2) is 11.5 Å². The van der Waals surface area contributed by atoms with E-state index in [1.165, 1.54) is 29.2 Å². The smallest absolute Gasteiger partial charge is 0.274 e. The van der Waals surface area contributed by atoms with Gasteiger partial charge in [-0.1, -0.05) is 6.92 Å². The molecule has 4 N–H and O–H groups in total. The van der Waals surface area contributed by atoms with Crippen LogP contribution in [-0.2, 0) is 39.8 Å². The van der Waals surface area contributed by atoms with E-state index in [4.69, 9.17) is 20.9 Å². The van der Waals surface area contributed by atoms with Gasteiger partial charge in [0.25, 0.3) is 5.91 Å². The zero-order valence-electron chi connectivity index (χ0n) is 39.0. The van der Waals surface area contributed by atoms with Crippen molar-refractivity contribution in [2.45, 2.75) is 52.9 Å². The number of carbonyl (C=O) groups excluding carboxylic acids is 2. The number of rotatable bonds is 17. The van der Waals surface area contributed by atoms with Gasteiger partial charge in [0.1, 0.15) is 40.1 Å². The number of fused-ring (bicyclic) bond motifs is 2. The minimum atomic E-state index is -0.382. The lowest BCUT2D eigenvalue weighted by Crippen LogP contribution is -2.23. The molecule has 67 heavy (non-hydrogen) atoms. The summed E-state index contributed by atoms with van der Waals surface area (Å²) in [5.41, 5.74) is 22.8. The number of amides is 1. The van der Waals surface area contributed by atoms with Gasteiger partial charge >= 0.3 is 0 Å². The molecule has 6 heterocycles. The molecule has 350 valence electrons. The van der Waals surface area contributed by atoms with Crippen LogP contribution in [0.4, 0.5) is 8.78 Å². The van der Waals surface area contributed by atoms with E-state index >= 15 is 0 Å². The number of Topliss-reactive ketones (excluding diaryl/α,β-unsaturated/α-hetero) is 1. The highest BCUT2D eigenvalue weighted by Gasteiger charge is 2.22. The predicted molar refractivity (Wildman–Crippen MR) is 254 cm³/mol. The number of hydrogen-bond donors (Lipinski definition) is 2. The van der Waals surface area contributed by atoms with E-state index in [1.807, 2.05) is 92.7 Å². The number of benzene rings is 2. The molecule has 0 radical (unpaired) electrons. The number of carbonyl (C=O) groups is 2. The van der Waals surface area contributed by atoms with Gasteiger partial charge in [-0.25, -0.2) is 18.7 Å². The van der Waals surface area contributed by atoms with Crippen LogP contribution in [-0.4, -0.2) is 95.3 Å². The Hall–Kier alpha value is -7.24.